The lowest BCUT2D eigenvalue weighted by Crippen LogP contribution is -2.39. The fourth-order valence-corrected chi connectivity index (χ4v) is 3.48. The summed E-state index contributed by atoms with van der Waals surface area (Å²) in [4.78, 5) is 0. The highest BCUT2D eigenvalue weighted by molar-refractivity contribution is 5.70. The minimum absolute atomic E-state index is 0.780. The van der Waals surface area contributed by atoms with Gasteiger partial charge in [-0.25, -0.2) is 4.48 Å². The minimum atomic E-state index is 0.780. The van der Waals surface area contributed by atoms with Crippen LogP contribution in [0.2, 0.25) is 0 Å². The molecule has 24 heavy (non-hydrogen) atoms. The third kappa shape index (κ3) is 3.27. The molecule has 0 amide bonds. The number of nitrogens with zero attached hydrogens (tertiary/aromatic N) is 1. The van der Waals surface area contributed by atoms with E-state index in [4.69, 9.17) is 0 Å². The normalized spacial score (nSPS) is 11.4. The Bertz CT molecular complexity index is 623. The van der Waals surface area contributed by atoms with Crippen LogP contribution in [0, 0.1) is 0 Å². The van der Waals surface area contributed by atoms with E-state index in [1.807, 2.05) is 0 Å². The highest BCUT2D eigenvalue weighted by atomic mass is 15.4. The second-order valence-corrected chi connectivity index (χ2v) is 6.25. The largest absolute Gasteiger partial charge is 0.227 e. The number of rotatable bonds is 7. The smallest absolute Gasteiger partial charge is 0.143 e. The van der Waals surface area contributed by atoms with Crippen LogP contribution in [0.25, 0.3) is 0 Å². The van der Waals surface area contributed by atoms with Crippen molar-refractivity contribution in [1.29, 1.82) is 0 Å². The summed E-state index contributed by atoms with van der Waals surface area (Å²) in [6, 6.07) is 32.7. The molecular weight excluding hydrogens is 290 g/mol. The van der Waals surface area contributed by atoms with E-state index < -0.39 is 0 Å². The van der Waals surface area contributed by atoms with Crippen molar-refractivity contribution in [2.75, 3.05) is 6.54 Å². The molecule has 0 radical (unpaired) electrons. The maximum absolute atomic E-state index is 2.27. The molecule has 0 unspecified atom stereocenters. The summed E-state index contributed by atoms with van der Waals surface area (Å²) in [6.07, 6.45) is 3.69. The molecule has 0 saturated carbocycles. The van der Waals surface area contributed by atoms with Gasteiger partial charge in [-0.15, -0.1) is 0 Å². The van der Waals surface area contributed by atoms with Crippen LogP contribution in [0.3, 0.4) is 0 Å². The van der Waals surface area contributed by atoms with E-state index in [-0.39, 0.29) is 0 Å². The van der Waals surface area contributed by atoms with Gasteiger partial charge in [-0.05, 0) is 49.2 Å². The molecule has 0 spiro atoms. The van der Waals surface area contributed by atoms with Gasteiger partial charge >= 0.3 is 0 Å². The van der Waals surface area contributed by atoms with Gasteiger partial charge in [-0.3, -0.25) is 0 Å². The second-order valence-electron chi connectivity index (χ2n) is 6.25. The van der Waals surface area contributed by atoms with E-state index in [0.717, 1.165) is 11.0 Å². The molecule has 0 bridgehead atoms. The van der Waals surface area contributed by atoms with Gasteiger partial charge in [0.1, 0.15) is 17.1 Å². The molecule has 3 rings (SSSR count). The third-order valence-corrected chi connectivity index (χ3v) is 4.69. The second kappa shape index (κ2) is 7.94. The molecule has 3 aromatic carbocycles. The summed E-state index contributed by atoms with van der Waals surface area (Å²) >= 11 is 0. The van der Waals surface area contributed by atoms with Crippen LogP contribution in [0.15, 0.2) is 91.0 Å². The first kappa shape index (κ1) is 16.5. The van der Waals surface area contributed by atoms with Crippen LogP contribution in [-0.4, -0.2) is 6.54 Å². The zero-order chi connectivity index (χ0) is 16.7. The van der Waals surface area contributed by atoms with Gasteiger partial charge < -0.3 is 0 Å². The lowest BCUT2D eigenvalue weighted by molar-refractivity contribution is 0.486. The summed E-state index contributed by atoms with van der Waals surface area (Å²) < 4.78 is 0.780. The van der Waals surface area contributed by atoms with Crippen molar-refractivity contribution in [2.24, 2.45) is 0 Å². The molecular formula is C23H26N+. The van der Waals surface area contributed by atoms with Gasteiger partial charge in [0.25, 0.3) is 0 Å². The van der Waals surface area contributed by atoms with Crippen LogP contribution in [-0.2, 0) is 0 Å². The number of hydrogen-bond donors (Lipinski definition) is 0. The number of hydrogen-bond acceptors (Lipinski definition) is 0. The zero-order valence-electron chi connectivity index (χ0n) is 14.4. The molecule has 0 heterocycles. The quantitative estimate of drug-likeness (QED) is 0.330. The van der Waals surface area contributed by atoms with Gasteiger partial charge in [0.2, 0.25) is 0 Å². The van der Waals surface area contributed by atoms with Gasteiger partial charge in [0.15, 0.2) is 0 Å². The monoisotopic (exact) mass is 316 g/mol. The molecule has 1 nitrogen and oxygen atoms in total. The molecule has 0 atom stereocenters. The van der Waals surface area contributed by atoms with E-state index in [9.17, 15) is 0 Å². The van der Waals surface area contributed by atoms with Crippen LogP contribution >= 0.6 is 0 Å². The Morgan fingerprint density at radius 2 is 0.917 bits per heavy atom. The fraction of sp³-hybridized carbons (Fsp3) is 0.217. The van der Waals surface area contributed by atoms with E-state index in [2.05, 4.69) is 97.9 Å². The van der Waals surface area contributed by atoms with E-state index in [1.54, 1.807) is 0 Å². The van der Waals surface area contributed by atoms with Crippen LogP contribution in [0.1, 0.15) is 26.2 Å². The van der Waals surface area contributed by atoms with Crippen molar-refractivity contribution in [2.45, 2.75) is 26.2 Å². The molecule has 0 aromatic heterocycles. The molecule has 0 aliphatic heterocycles. The molecule has 122 valence electrons. The van der Waals surface area contributed by atoms with Gasteiger partial charge in [-0.1, -0.05) is 67.9 Å². The molecule has 3 aromatic rings. The summed E-state index contributed by atoms with van der Waals surface area (Å²) in [7, 11) is 0. The van der Waals surface area contributed by atoms with Crippen LogP contribution in [0.5, 0.6) is 0 Å². The van der Waals surface area contributed by atoms with Crippen molar-refractivity contribution in [3.8, 4) is 0 Å². The highest BCUT2D eigenvalue weighted by Gasteiger charge is 2.35. The van der Waals surface area contributed by atoms with E-state index in [0.29, 0.717) is 0 Å². The van der Waals surface area contributed by atoms with Crippen LogP contribution < -0.4 is 4.48 Å². The maximum atomic E-state index is 2.27. The first-order valence-electron chi connectivity index (χ1n) is 8.93. The Morgan fingerprint density at radius 3 is 1.25 bits per heavy atom. The first-order valence-corrected chi connectivity index (χ1v) is 8.93. The van der Waals surface area contributed by atoms with E-state index in [1.165, 1.54) is 36.3 Å². The predicted molar refractivity (Wildman–Crippen MR) is 105 cm³/mol. The first-order chi connectivity index (χ1) is 11.9. The predicted octanol–water partition coefficient (Wildman–Crippen LogP) is 6.85. The lowest BCUT2D eigenvalue weighted by atomic mass is 10.1. The van der Waals surface area contributed by atoms with Gasteiger partial charge in [-0.2, -0.15) is 0 Å². The van der Waals surface area contributed by atoms with Crippen molar-refractivity contribution < 1.29 is 0 Å². The highest BCUT2D eigenvalue weighted by Crippen LogP contribution is 2.43. The van der Waals surface area contributed by atoms with Crippen molar-refractivity contribution in [3.63, 3.8) is 0 Å². The van der Waals surface area contributed by atoms with Crippen molar-refractivity contribution in [1.82, 2.24) is 4.48 Å². The molecule has 0 aliphatic rings. The lowest BCUT2D eigenvalue weighted by Gasteiger charge is -2.37. The zero-order valence-corrected chi connectivity index (χ0v) is 14.4. The Morgan fingerprint density at radius 1 is 0.542 bits per heavy atom. The Labute approximate surface area is 145 Å². The molecule has 0 saturated heterocycles. The van der Waals surface area contributed by atoms with Gasteiger partial charge in [0.05, 0.1) is 6.54 Å². The Kier molecular flexibility index (Phi) is 5.45. The molecule has 0 aliphatic carbocycles. The van der Waals surface area contributed by atoms with Gasteiger partial charge in [0, 0.05) is 0 Å². The van der Waals surface area contributed by atoms with Crippen molar-refractivity contribution in [3.05, 3.63) is 91.0 Å². The average molecular weight is 316 g/mol. The number of para-hydroxylation sites is 3. The summed E-state index contributed by atoms with van der Waals surface area (Å²) in [5, 5.41) is 0. The number of unbranched alkanes of at least 4 members (excludes halogenated alkanes) is 2. The Balaban J connectivity index is 2.20. The SMILES string of the molecule is CCCCC[N+](c1ccccc1)(c1ccccc1)c1ccccc1. The maximum Gasteiger partial charge on any atom is 0.143 e. The summed E-state index contributed by atoms with van der Waals surface area (Å²) in [5.41, 5.74) is 3.98. The topological polar surface area (TPSA) is 0 Å². The van der Waals surface area contributed by atoms with Crippen molar-refractivity contribution >= 4 is 17.1 Å². The van der Waals surface area contributed by atoms with E-state index >= 15 is 0 Å². The summed E-state index contributed by atoms with van der Waals surface area (Å²) in [6.45, 7) is 3.34. The minimum Gasteiger partial charge on any atom is -0.227 e. The fourth-order valence-electron chi connectivity index (χ4n) is 3.48. The number of benzene rings is 3. The molecule has 0 N–H and O–H groups in total. The number of quaternary nitrogens is 1. The third-order valence-electron chi connectivity index (χ3n) is 4.69. The molecule has 0 fully saturated rings. The molecule has 1 heteroatoms. The summed E-state index contributed by atoms with van der Waals surface area (Å²) in [5.74, 6) is 0. The standard InChI is InChI=1S/C23H26N/c1-2-3-13-20-24(21-14-7-4-8-15-21,22-16-9-5-10-17-22)23-18-11-6-12-19-23/h4-12,14-19H,2-3,13,20H2,1H3/q+1. The average Bonchev–Trinajstić information content (AvgIpc) is 2.68. The Hall–Kier alpha value is -2.38. The van der Waals surface area contributed by atoms with Crippen LogP contribution in [0.4, 0.5) is 17.1 Å².